The molecule has 5 nitrogen and oxygen atoms in total. The van der Waals surface area contributed by atoms with Crippen molar-refractivity contribution in [1.29, 1.82) is 0 Å². The molecule has 0 radical (unpaired) electrons. The van der Waals surface area contributed by atoms with E-state index in [1.807, 2.05) is 27.7 Å². The fraction of sp³-hybridized carbons (Fsp3) is 0.611. The van der Waals surface area contributed by atoms with Gasteiger partial charge in [0.05, 0.1) is 0 Å². The molecule has 0 bridgehead atoms. The number of rotatable bonds is 4. The molecule has 0 saturated heterocycles. The van der Waals surface area contributed by atoms with E-state index in [0.29, 0.717) is 12.6 Å². The number of carbonyl (C=O) groups is 1. The van der Waals surface area contributed by atoms with Crippen LogP contribution in [0.3, 0.4) is 0 Å². The summed E-state index contributed by atoms with van der Waals surface area (Å²) in [6.45, 7) is 10.2. The second-order valence-corrected chi connectivity index (χ2v) is 7.17. The number of hydrogen-bond acceptors (Lipinski definition) is 4. The minimum absolute atomic E-state index is 0.00762. The summed E-state index contributed by atoms with van der Waals surface area (Å²) in [5.74, 6) is 0. The monoisotopic (exact) mass is 319 g/mol. The zero-order chi connectivity index (χ0) is 16.9. The Balaban J connectivity index is 1.87. The molecule has 0 saturated carbocycles. The summed E-state index contributed by atoms with van der Waals surface area (Å²) in [5, 5.41) is 9.90. The van der Waals surface area contributed by atoms with Crippen LogP contribution in [0.15, 0.2) is 24.3 Å². The zero-order valence-electron chi connectivity index (χ0n) is 14.6. The van der Waals surface area contributed by atoms with Crippen molar-refractivity contribution < 1.29 is 9.53 Å². The molecule has 0 aromatic heterocycles. The van der Waals surface area contributed by atoms with Crippen LogP contribution in [0.4, 0.5) is 4.79 Å². The van der Waals surface area contributed by atoms with Crippen molar-refractivity contribution in [1.82, 2.24) is 16.0 Å². The molecule has 23 heavy (non-hydrogen) atoms. The Morgan fingerprint density at radius 1 is 1.39 bits per heavy atom. The van der Waals surface area contributed by atoms with Gasteiger partial charge in [-0.15, -0.1) is 0 Å². The lowest BCUT2D eigenvalue weighted by Crippen LogP contribution is -2.43. The van der Waals surface area contributed by atoms with Gasteiger partial charge in [-0.1, -0.05) is 24.3 Å². The minimum atomic E-state index is -0.469. The molecule has 0 spiro atoms. The first-order valence-electron chi connectivity index (χ1n) is 8.36. The summed E-state index contributed by atoms with van der Waals surface area (Å²) in [6, 6.07) is 8.84. The van der Waals surface area contributed by atoms with E-state index in [9.17, 15) is 4.79 Å². The third-order valence-corrected chi connectivity index (χ3v) is 3.79. The Labute approximate surface area is 139 Å². The molecule has 0 fully saturated rings. The number of benzene rings is 1. The highest BCUT2D eigenvalue weighted by atomic mass is 16.6. The lowest BCUT2D eigenvalue weighted by atomic mass is 9.99. The molecule has 1 aromatic rings. The smallest absolute Gasteiger partial charge is 0.407 e. The fourth-order valence-electron chi connectivity index (χ4n) is 2.75. The van der Waals surface area contributed by atoms with Gasteiger partial charge in [0.25, 0.3) is 0 Å². The first-order chi connectivity index (χ1) is 10.8. The highest BCUT2D eigenvalue weighted by Crippen LogP contribution is 2.23. The van der Waals surface area contributed by atoms with Crippen LogP contribution in [-0.4, -0.2) is 30.8 Å². The second-order valence-electron chi connectivity index (χ2n) is 7.17. The Hall–Kier alpha value is -1.59. The summed E-state index contributed by atoms with van der Waals surface area (Å²) >= 11 is 0. The standard InChI is InChI=1S/C18H29N3O2/c1-13(21-17(22)23-18(2,3)4)11-20-16-9-10-19-12-14-7-5-6-8-15(14)16/h5-8,13,16,19-20H,9-12H2,1-4H3,(H,21,22). The number of hydrogen-bond donors (Lipinski definition) is 3. The van der Waals surface area contributed by atoms with Gasteiger partial charge < -0.3 is 20.7 Å². The average molecular weight is 319 g/mol. The fourth-order valence-corrected chi connectivity index (χ4v) is 2.75. The van der Waals surface area contributed by atoms with Crippen LogP contribution in [0.5, 0.6) is 0 Å². The van der Waals surface area contributed by atoms with E-state index >= 15 is 0 Å². The first-order valence-corrected chi connectivity index (χ1v) is 8.36. The quantitative estimate of drug-likeness (QED) is 0.798. The number of amides is 1. The van der Waals surface area contributed by atoms with Gasteiger partial charge in [-0.3, -0.25) is 0 Å². The SMILES string of the molecule is CC(CNC1CCNCc2ccccc21)NC(=O)OC(C)(C)C. The number of ether oxygens (including phenoxy) is 1. The second kappa shape index (κ2) is 7.79. The summed E-state index contributed by atoms with van der Waals surface area (Å²) in [7, 11) is 0. The van der Waals surface area contributed by atoms with Gasteiger partial charge in [0.15, 0.2) is 0 Å². The van der Waals surface area contributed by atoms with E-state index in [2.05, 4.69) is 40.2 Å². The molecule has 0 aliphatic carbocycles. The van der Waals surface area contributed by atoms with Crippen molar-refractivity contribution in [3.8, 4) is 0 Å². The normalized spacial score (nSPS) is 19.4. The largest absolute Gasteiger partial charge is 0.444 e. The predicted octanol–water partition coefficient (Wildman–Crippen LogP) is 2.72. The number of alkyl carbamates (subject to hydrolysis) is 1. The molecular formula is C18H29N3O2. The third kappa shape index (κ3) is 5.84. The Morgan fingerprint density at radius 3 is 2.87 bits per heavy atom. The average Bonchev–Trinajstić information content (AvgIpc) is 2.65. The van der Waals surface area contributed by atoms with Crippen LogP contribution in [0.1, 0.15) is 51.3 Å². The Bertz CT molecular complexity index is 525. The molecule has 2 unspecified atom stereocenters. The summed E-state index contributed by atoms with van der Waals surface area (Å²) in [4.78, 5) is 11.8. The number of nitrogens with one attached hydrogen (secondary N) is 3. The molecule has 1 aromatic carbocycles. The maximum absolute atomic E-state index is 11.8. The summed E-state index contributed by atoms with van der Waals surface area (Å²) in [6.07, 6.45) is 0.672. The minimum Gasteiger partial charge on any atom is -0.444 e. The Kier molecular flexibility index (Phi) is 6.02. The topological polar surface area (TPSA) is 62.4 Å². The summed E-state index contributed by atoms with van der Waals surface area (Å²) in [5.41, 5.74) is 2.22. The van der Waals surface area contributed by atoms with E-state index in [-0.39, 0.29) is 12.1 Å². The predicted molar refractivity (Wildman–Crippen MR) is 92.3 cm³/mol. The van der Waals surface area contributed by atoms with Gasteiger partial charge in [0.1, 0.15) is 5.60 Å². The van der Waals surface area contributed by atoms with E-state index in [4.69, 9.17) is 4.74 Å². The molecule has 2 rings (SSSR count). The summed E-state index contributed by atoms with van der Waals surface area (Å²) < 4.78 is 5.29. The number of fused-ring (bicyclic) bond motifs is 1. The maximum Gasteiger partial charge on any atom is 0.407 e. The van der Waals surface area contributed by atoms with Crippen LogP contribution < -0.4 is 16.0 Å². The van der Waals surface area contributed by atoms with Gasteiger partial charge in [-0.2, -0.15) is 0 Å². The highest BCUT2D eigenvalue weighted by Gasteiger charge is 2.20. The van der Waals surface area contributed by atoms with E-state index in [0.717, 1.165) is 19.5 Å². The lowest BCUT2D eigenvalue weighted by molar-refractivity contribution is 0.0507. The molecule has 1 aliphatic heterocycles. The zero-order valence-corrected chi connectivity index (χ0v) is 14.6. The van der Waals surface area contributed by atoms with Crippen molar-refractivity contribution in [3.05, 3.63) is 35.4 Å². The van der Waals surface area contributed by atoms with Gasteiger partial charge in [-0.05, 0) is 51.8 Å². The van der Waals surface area contributed by atoms with Gasteiger partial charge in [0.2, 0.25) is 0 Å². The molecule has 128 valence electrons. The van der Waals surface area contributed by atoms with Crippen molar-refractivity contribution in [2.45, 2.75) is 58.3 Å². The molecule has 2 atom stereocenters. The van der Waals surface area contributed by atoms with Crippen LogP contribution in [0.2, 0.25) is 0 Å². The van der Waals surface area contributed by atoms with Crippen molar-refractivity contribution in [2.75, 3.05) is 13.1 Å². The van der Waals surface area contributed by atoms with Crippen LogP contribution in [0.25, 0.3) is 0 Å². The van der Waals surface area contributed by atoms with Crippen LogP contribution in [-0.2, 0) is 11.3 Å². The highest BCUT2D eigenvalue weighted by molar-refractivity contribution is 5.68. The van der Waals surface area contributed by atoms with Crippen LogP contribution >= 0.6 is 0 Å². The molecule has 1 aliphatic rings. The van der Waals surface area contributed by atoms with E-state index in [1.165, 1.54) is 11.1 Å². The van der Waals surface area contributed by atoms with Gasteiger partial charge in [0, 0.05) is 25.2 Å². The molecule has 3 N–H and O–H groups in total. The Morgan fingerprint density at radius 2 is 2.13 bits per heavy atom. The lowest BCUT2D eigenvalue weighted by Gasteiger charge is -2.24. The molecular weight excluding hydrogens is 290 g/mol. The van der Waals surface area contributed by atoms with Crippen molar-refractivity contribution in [2.24, 2.45) is 0 Å². The number of carbonyl (C=O) groups excluding carboxylic acids is 1. The van der Waals surface area contributed by atoms with E-state index in [1.54, 1.807) is 0 Å². The van der Waals surface area contributed by atoms with Gasteiger partial charge in [-0.25, -0.2) is 4.79 Å². The molecule has 1 amide bonds. The molecule has 1 heterocycles. The van der Waals surface area contributed by atoms with Crippen LogP contribution in [0, 0.1) is 0 Å². The van der Waals surface area contributed by atoms with E-state index < -0.39 is 5.60 Å². The first kappa shape index (κ1) is 17.8. The maximum atomic E-state index is 11.8. The van der Waals surface area contributed by atoms with Crippen molar-refractivity contribution in [3.63, 3.8) is 0 Å². The van der Waals surface area contributed by atoms with Crippen molar-refractivity contribution >= 4 is 6.09 Å². The molecule has 5 heteroatoms. The van der Waals surface area contributed by atoms with Gasteiger partial charge >= 0.3 is 6.09 Å². The third-order valence-electron chi connectivity index (χ3n) is 3.79.